The monoisotopic (exact) mass is 315 g/mol. The zero-order chi connectivity index (χ0) is 11.0. The fourth-order valence-corrected chi connectivity index (χ4v) is 3.38. The Morgan fingerprint density at radius 3 is 3.00 bits per heavy atom. The molecule has 1 aliphatic rings. The van der Waals surface area contributed by atoms with Crippen molar-refractivity contribution in [3.05, 3.63) is 20.2 Å². The number of nitrogens with zero attached hydrogens (tertiary/aromatic N) is 2. The second-order valence-corrected chi connectivity index (χ2v) is 7.15. The molecule has 1 saturated carbocycles. The molecule has 2 heterocycles. The van der Waals surface area contributed by atoms with E-state index in [1.54, 1.807) is 22.7 Å². The smallest absolute Gasteiger partial charge is 0.148 e. The molecule has 2 aromatic rings. The SMILES string of the molecule is Brc1cc(-c2nnc(CNC3CC3)s2)cs1. The second kappa shape index (κ2) is 4.52. The number of thiophene rings is 1. The van der Waals surface area contributed by atoms with E-state index in [4.69, 9.17) is 0 Å². The van der Waals surface area contributed by atoms with Crippen LogP contribution < -0.4 is 5.32 Å². The van der Waals surface area contributed by atoms with Gasteiger partial charge in [0.15, 0.2) is 0 Å². The zero-order valence-electron chi connectivity index (χ0n) is 8.44. The van der Waals surface area contributed by atoms with Crippen LogP contribution in [-0.2, 0) is 6.54 Å². The maximum atomic E-state index is 4.21. The molecule has 2 aromatic heterocycles. The molecule has 3 nitrogen and oxygen atoms in total. The van der Waals surface area contributed by atoms with Gasteiger partial charge < -0.3 is 5.32 Å². The third-order valence-electron chi connectivity index (χ3n) is 2.40. The summed E-state index contributed by atoms with van der Waals surface area (Å²) in [6.07, 6.45) is 2.62. The second-order valence-electron chi connectivity index (χ2n) is 3.80. The summed E-state index contributed by atoms with van der Waals surface area (Å²) in [6, 6.07) is 2.81. The molecule has 0 saturated heterocycles. The van der Waals surface area contributed by atoms with Crippen LogP contribution in [0.5, 0.6) is 0 Å². The van der Waals surface area contributed by atoms with E-state index in [2.05, 4.69) is 42.9 Å². The lowest BCUT2D eigenvalue weighted by Gasteiger charge is -1.95. The molecule has 0 bridgehead atoms. The van der Waals surface area contributed by atoms with Gasteiger partial charge in [0.1, 0.15) is 10.0 Å². The Bertz CT molecular complexity index is 490. The molecule has 0 amide bonds. The van der Waals surface area contributed by atoms with Gasteiger partial charge in [0, 0.05) is 23.5 Å². The average Bonchev–Trinajstić information content (AvgIpc) is 2.81. The van der Waals surface area contributed by atoms with Crippen LogP contribution in [0.15, 0.2) is 15.2 Å². The predicted molar refractivity (Wildman–Crippen MR) is 70.8 cm³/mol. The molecule has 0 radical (unpaired) electrons. The maximum absolute atomic E-state index is 4.21. The number of halogens is 1. The summed E-state index contributed by atoms with van der Waals surface area (Å²) < 4.78 is 1.13. The minimum Gasteiger partial charge on any atom is -0.308 e. The van der Waals surface area contributed by atoms with Crippen molar-refractivity contribution < 1.29 is 0 Å². The van der Waals surface area contributed by atoms with Crippen LogP contribution >= 0.6 is 38.6 Å². The first-order chi connectivity index (χ1) is 7.81. The van der Waals surface area contributed by atoms with Crippen LogP contribution in [-0.4, -0.2) is 16.2 Å². The normalized spacial score (nSPS) is 15.6. The summed E-state index contributed by atoms with van der Waals surface area (Å²) in [5, 5.41) is 16.0. The molecule has 0 aliphatic heterocycles. The van der Waals surface area contributed by atoms with E-state index in [0.717, 1.165) is 32.0 Å². The van der Waals surface area contributed by atoms with Gasteiger partial charge in [-0.15, -0.1) is 21.5 Å². The maximum Gasteiger partial charge on any atom is 0.148 e. The lowest BCUT2D eigenvalue weighted by molar-refractivity contribution is 0.679. The van der Waals surface area contributed by atoms with Crippen molar-refractivity contribution >= 4 is 38.6 Å². The number of hydrogen-bond donors (Lipinski definition) is 1. The van der Waals surface area contributed by atoms with Gasteiger partial charge in [-0.25, -0.2) is 0 Å². The molecule has 6 heteroatoms. The molecule has 3 rings (SSSR count). The van der Waals surface area contributed by atoms with Crippen molar-refractivity contribution in [2.45, 2.75) is 25.4 Å². The third-order valence-corrected chi connectivity index (χ3v) is 4.88. The van der Waals surface area contributed by atoms with Gasteiger partial charge in [0.25, 0.3) is 0 Å². The van der Waals surface area contributed by atoms with Crippen LogP contribution in [0, 0.1) is 0 Å². The lowest BCUT2D eigenvalue weighted by Crippen LogP contribution is -2.14. The van der Waals surface area contributed by atoms with E-state index in [1.807, 2.05) is 0 Å². The standard InChI is InChI=1S/C10H10BrN3S2/c11-8-3-6(5-15-8)10-14-13-9(16-10)4-12-7-1-2-7/h3,5,7,12H,1-2,4H2. The van der Waals surface area contributed by atoms with Crippen LogP contribution in [0.2, 0.25) is 0 Å². The van der Waals surface area contributed by atoms with Crippen molar-refractivity contribution in [1.82, 2.24) is 15.5 Å². The highest BCUT2D eigenvalue weighted by Gasteiger charge is 2.20. The van der Waals surface area contributed by atoms with Crippen molar-refractivity contribution in [2.24, 2.45) is 0 Å². The Balaban J connectivity index is 1.71. The first-order valence-corrected chi connectivity index (χ1v) is 7.60. The average molecular weight is 316 g/mol. The first kappa shape index (κ1) is 10.8. The number of nitrogens with one attached hydrogen (secondary N) is 1. The highest BCUT2D eigenvalue weighted by atomic mass is 79.9. The molecule has 84 valence electrons. The van der Waals surface area contributed by atoms with E-state index in [0.29, 0.717) is 0 Å². The summed E-state index contributed by atoms with van der Waals surface area (Å²) in [5.74, 6) is 0. The summed E-state index contributed by atoms with van der Waals surface area (Å²) in [7, 11) is 0. The highest BCUT2D eigenvalue weighted by molar-refractivity contribution is 9.11. The zero-order valence-corrected chi connectivity index (χ0v) is 11.7. The molecule has 1 fully saturated rings. The predicted octanol–water partition coefficient (Wildman–Crippen LogP) is 3.28. The number of hydrogen-bond acceptors (Lipinski definition) is 5. The van der Waals surface area contributed by atoms with Gasteiger partial charge in [0.2, 0.25) is 0 Å². The topological polar surface area (TPSA) is 37.8 Å². The molecule has 0 spiro atoms. The first-order valence-electron chi connectivity index (χ1n) is 5.11. The van der Waals surface area contributed by atoms with Gasteiger partial charge in [0.05, 0.1) is 3.79 Å². The number of aromatic nitrogens is 2. The van der Waals surface area contributed by atoms with Gasteiger partial charge in [-0.2, -0.15) is 0 Å². The van der Waals surface area contributed by atoms with Crippen molar-refractivity contribution in [3.8, 4) is 10.6 Å². The third kappa shape index (κ3) is 2.51. The van der Waals surface area contributed by atoms with Crippen LogP contribution in [0.1, 0.15) is 17.8 Å². The Kier molecular flexibility index (Phi) is 3.06. The Morgan fingerprint density at radius 1 is 1.44 bits per heavy atom. The van der Waals surface area contributed by atoms with Crippen LogP contribution in [0.25, 0.3) is 10.6 Å². The lowest BCUT2D eigenvalue weighted by atomic mass is 10.4. The molecular formula is C10H10BrN3S2. The van der Waals surface area contributed by atoms with E-state index in [1.165, 1.54) is 12.8 Å². The fourth-order valence-electron chi connectivity index (χ4n) is 1.38. The van der Waals surface area contributed by atoms with E-state index in [-0.39, 0.29) is 0 Å². The highest BCUT2D eigenvalue weighted by Crippen LogP contribution is 2.31. The van der Waals surface area contributed by atoms with Crippen molar-refractivity contribution in [3.63, 3.8) is 0 Å². The molecule has 1 N–H and O–H groups in total. The Hall–Kier alpha value is -0.300. The molecule has 0 aromatic carbocycles. The summed E-state index contributed by atoms with van der Waals surface area (Å²) in [5.41, 5.74) is 1.16. The van der Waals surface area contributed by atoms with Gasteiger partial charge in [-0.05, 0) is 34.8 Å². The molecule has 16 heavy (non-hydrogen) atoms. The molecule has 0 unspecified atom stereocenters. The quantitative estimate of drug-likeness (QED) is 0.941. The number of rotatable bonds is 4. The van der Waals surface area contributed by atoms with E-state index < -0.39 is 0 Å². The van der Waals surface area contributed by atoms with Crippen LogP contribution in [0.4, 0.5) is 0 Å². The summed E-state index contributed by atoms with van der Waals surface area (Å²) in [6.45, 7) is 0.855. The molecule has 1 aliphatic carbocycles. The van der Waals surface area contributed by atoms with Crippen LogP contribution in [0.3, 0.4) is 0 Å². The van der Waals surface area contributed by atoms with Gasteiger partial charge in [-0.1, -0.05) is 11.3 Å². The molecular weight excluding hydrogens is 306 g/mol. The fraction of sp³-hybridized carbons (Fsp3) is 0.400. The van der Waals surface area contributed by atoms with Crippen molar-refractivity contribution in [2.75, 3.05) is 0 Å². The van der Waals surface area contributed by atoms with Crippen molar-refractivity contribution in [1.29, 1.82) is 0 Å². The summed E-state index contributed by atoms with van der Waals surface area (Å²) >= 11 is 6.80. The van der Waals surface area contributed by atoms with E-state index in [9.17, 15) is 0 Å². The van der Waals surface area contributed by atoms with E-state index >= 15 is 0 Å². The Morgan fingerprint density at radius 2 is 2.31 bits per heavy atom. The summed E-state index contributed by atoms with van der Waals surface area (Å²) in [4.78, 5) is 0. The van der Waals surface area contributed by atoms with Gasteiger partial charge >= 0.3 is 0 Å². The van der Waals surface area contributed by atoms with Gasteiger partial charge in [-0.3, -0.25) is 0 Å². The molecule has 0 atom stereocenters. The largest absolute Gasteiger partial charge is 0.308 e. The minimum atomic E-state index is 0.725. The Labute approximate surface area is 110 Å². The minimum absolute atomic E-state index is 0.725.